The molecule has 0 aliphatic carbocycles. The van der Waals surface area contributed by atoms with Crippen molar-refractivity contribution in [2.75, 3.05) is 10.8 Å². The van der Waals surface area contributed by atoms with Gasteiger partial charge >= 0.3 is 0 Å². The molecule has 7 nitrogen and oxygen atoms in total. The summed E-state index contributed by atoms with van der Waals surface area (Å²) in [5.74, 6) is -0.881. The van der Waals surface area contributed by atoms with Gasteiger partial charge < -0.3 is 10.2 Å². The van der Waals surface area contributed by atoms with E-state index in [9.17, 15) is 18.0 Å². The summed E-state index contributed by atoms with van der Waals surface area (Å²) < 4.78 is 29.2. The third-order valence-electron chi connectivity index (χ3n) is 7.04. The molecule has 3 aromatic carbocycles. The van der Waals surface area contributed by atoms with Gasteiger partial charge in [-0.3, -0.25) is 13.9 Å². The molecule has 0 saturated carbocycles. The van der Waals surface area contributed by atoms with Gasteiger partial charge in [0.05, 0.1) is 20.6 Å². The summed E-state index contributed by atoms with van der Waals surface area (Å²) in [6.07, 6.45) is 1.02. The Kier molecular flexibility index (Phi) is 11.7. The summed E-state index contributed by atoms with van der Waals surface area (Å²) in [4.78, 5) is 29.0. The number of amides is 2. The van der Waals surface area contributed by atoms with Crippen molar-refractivity contribution >= 4 is 62.3 Å². The zero-order chi connectivity index (χ0) is 31.2. The number of anilines is 1. The monoisotopic (exact) mass is 651 g/mol. The van der Waals surface area contributed by atoms with Gasteiger partial charge in [0.15, 0.2) is 0 Å². The second-order valence-electron chi connectivity index (χ2n) is 10.3. The highest BCUT2D eigenvalue weighted by Gasteiger charge is 2.34. The van der Waals surface area contributed by atoms with Crippen LogP contribution in [-0.4, -0.2) is 43.8 Å². The van der Waals surface area contributed by atoms with Gasteiger partial charge in [-0.2, -0.15) is 0 Å². The standard InChI is InChI=1S/C31H36Cl3N3O4S/c1-6-22(5)35-31(39)28(7-2)36(18-23-10-14-26(33)27(34)17-23)30(38)19-37(29-15-11-24(32)16-21(29)4)42(40,41)25-12-8-20(3)9-13-25/h8-17,22,28H,6-7,18-19H2,1-5H3,(H,35,39)/t22-,28+/m0/s1. The van der Waals surface area contributed by atoms with Crippen LogP contribution in [0.15, 0.2) is 65.6 Å². The number of hydrogen-bond donors (Lipinski definition) is 1. The normalized spacial score (nSPS) is 12.9. The minimum atomic E-state index is -4.19. The Morgan fingerprint density at radius 1 is 0.881 bits per heavy atom. The number of nitrogens with zero attached hydrogens (tertiary/aromatic N) is 2. The lowest BCUT2D eigenvalue weighted by Crippen LogP contribution is -2.53. The molecule has 11 heteroatoms. The Balaban J connectivity index is 2.11. The number of aryl methyl sites for hydroxylation is 2. The maximum Gasteiger partial charge on any atom is 0.264 e. The van der Waals surface area contributed by atoms with Crippen LogP contribution < -0.4 is 9.62 Å². The van der Waals surface area contributed by atoms with E-state index in [-0.39, 0.29) is 23.4 Å². The van der Waals surface area contributed by atoms with E-state index in [2.05, 4.69) is 5.32 Å². The molecule has 3 aromatic rings. The topological polar surface area (TPSA) is 86.8 Å². The minimum absolute atomic E-state index is 0.0141. The first kappa shape index (κ1) is 33.7. The molecule has 42 heavy (non-hydrogen) atoms. The van der Waals surface area contributed by atoms with E-state index in [1.807, 2.05) is 20.8 Å². The second-order valence-corrected chi connectivity index (χ2v) is 13.4. The van der Waals surface area contributed by atoms with Crippen LogP contribution in [0.3, 0.4) is 0 Å². The predicted molar refractivity (Wildman–Crippen MR) is 171 cm³/mol. The fraction of sp³-hybridized carbons (Fsp3) is 0.355. The van der Waals surface area contributed by atoms with Gasteiger partial charge in [0.2, 0.25) is 11.8 Å². The van der Waals surface area contributed by atoms with Crippen LogP contribution in [0.5, 0.6) is 0 Å². The van der Waals surface area contributed by atoms with Crippen molar-refractivity contribution in [1.82, 2.24) is 10.2 Å². The third kappa shape index (κ3) is 8.19. The van der Waals surface area contributed by atoms with Crippen molar-refractivity contribution in [3.63, 3.8) is 0 Å². The van der Waals surface area contributed by atoms with Crippen molar-refractivity contribution < 1.29 is 18.0 Å². The zero-order valence-corrected chi connectivity index (χ0v) is 27.4. The molecule has 1 N–H and O–H groups in total. The minimum Gasteiger partial charge on any atom is -0.352 e. The van der Waals surface area contributed by atoms with Gasteiger partial charge in [-0.05, 0) is 87.2 Å². The molecule has 0 saturated heterocycles. The van der Waals surface area contributed by atoms with E-state index in [4.69, 9.17) is 34.8 Å². The molecular weight excluding hydrogens is 617 g/mol. The molecule has 0 unspecified atom stereocenters. The molecule has 0 bridgehead atoms. The molecule has 2 amide bonds. The van der Waals surface area contributed by atoms with Gasteiger partial charge in [0, 0.05) is 17.6 Å². The van der Waals surface area contributed by atoms with E-state index in [1.54, 1.807) is 62.4 Å². The zero-order valence-electron chi connectivity index (χ0n) is 24.3. The first-order chi connectivity index (χ1) is 19.8. The smallest absolute Gasteiger partial charge is 0.264 e. The number of carbonyl (C=O) groups is 2. The summed E-state index contributed by atoms with van der Waals surface area (Å²) in [6.45, 7) is 8.69. The number of halogens is 3. The van der Waals surface area contributed by atoms with Gasteiger partial charge in [0.25, 0.3) is 10.0 Å². The van der Waals surface area contributed by atoms with Gasteiger partial charge in [-0.25, -0.2) is 8.42 Å². The van der Waals surface area contributed by atoms with Crippen LogP contribution in [-0.2, 0) is 26.2 Å². The maximum atomic E-state index is 14.2. The Morgan fingerprint density at radius 3 is 2.12 bits per heavy atom. The lowest BCUT2D eigenvalue weighted by atomic mass is 10.1. The first-order valence-corrected chi connectivity index (χ1v) is 16.2. The van der Waals surface area contributed by atoms with Gasteiger partial charge in [-0.15, -0.1) is 0 Å². The number of benzene rings is 3. The third-order valence-corrected chi connectivity index (χ3v) is 9.79. The van der Waals surface area contributed by atoms with Crippen LogP contribution in [0.1, 0.15) is 50.3 Å². The van der Waals surface area contributed by atoms with Crippen LogP contribution in [0.2, 0.25) is 15.1 Å². The van der Waals surface area contributed by atoms with Crippen molar-refractivity contribution in [2.45, 2.75) is 71.0 Å². The number of hydrogen-bond acceptors (Lipinski definition) is 4. The average molecular weight is 653 g/mol. The van der Waals surface area contributed by atoms with E-state index in [0.29, 0.717) is 44.7 Å². The molecule has 0 radical (unpaired) electrons. The van der Waals surface area contributed by atoms with Crippen molar-refractivity contribution in [3.8, 4) is 0 Å². The molecule has 0 fully saturated rings. The van der Waals surface area contributed by atoms with E-state index >= 15 is 0 Å². The van der Waals surface area contributed by atoms with Crippen molar-refractivity contribution in [3.05, 3.63) is 92.4 Å². The fourth-order valence-electron chi connectivity index (χ4n) is 4.44. The first-order valence-electron chi connectivity index (χ1n) is 13.7. The second kappa shape index (κ2) is 14.6. The summed E-state index contributed by atoms with van der Waals surface area (Å²) in [6, 6.07) is 15.2. The highest BCUT2D eigenvalue weighted by molar-refractivity contribution is 7.92. The van der Waals surface area contributed by atoms with Gasteiger partial charge in [-0.1, -0.05) is 72.4 Å². The largest absolute Gasteiger partial charge is 0.352 e. The Morgan fingerprint density at radius 2 is 1.55 bits per heavy atom. The molecule has 0 spiro atoms. The summed E-state index contributed by atoms with van der Waals surface area (Å²) in [7, 11) is -4.19. The highest BCUT2D eigenvalue weighted by atomic mass is 35.5. The number of sulfonamides is 1. The molecule has 0 aliphatic rings. The lowest BCUT2D eigenvalue weighted by Gasteiger charge is -2.34. The Labute approximate surface area is 263 Å². The van der Waals surface area contributed by atoms with E-state index in [0.717, 1.165) is 9.87 Å². The average Bonchev–Trinajstić information content (AvgIpc) is 2.93. The number of rotatable bonds is 12. The number of nitrogens with one attached hydrogen (secondary N) is 1. The summed E-state index contributed by atoms with van der Waals surface area (Å²) in [5.41, 5.74) is 2.41. The van der Waals surface area contributed by atoms with E-state index < -0.39 is 28.5 Å². The molecule has 0 heterocycles. The fourth-order valence-corrected chi connectivity index (χ4v) is 6.47. The van der Waals surface area contributed by atoms with E-state index in [1.165, 1.54) is 17.0 Å². The predicted octanol–water partition coefficient (Wildman–Crippen LogP) is 7.18. The molecule has 3 rings (SSSR count). The maximum absolute atomic E-state index is 14.2. The Hall–Kier alpha value is -2.78. The van der Waals surface area contributed by atoms with Crippen LogP contribution in [0.4, 0.5) is 5.69 Å². The number of carbonyl (C=O) groups excluding carboxylic acids is 2. The Bertz CT molecular complexity index is 1530. The van der Waals surface area contributed by atoms with Crippen LogP contribution in [0, 0.1) is 13.8 Å². The van der Waals surface area contributed by atoms with Crippen LogP contribution >= 0.6 is 34.8 Å². The molecular formula is C31H36Cl3N3O4S. The van der Waals surface area contributed by atoms with Crippen LogP contribution in [0.25, 0.3) is 0 Å². The summed E-state index contributed by atoms with van der Waals surface area (Å²) in [5, 5.41) is 4.05. The lowest BCUT2D eigenvalue weighted by molar-refractivity contribution is -0.140. The quantitative estimate of drug-likeness (QED) is 0.225. The summed E-state index contributed by atoms with van der Waals surface area (Å²) >= 11 is 18.6. The molecule has 2 atom stereocenters. The molecule has 0 aromatic heterocycles. The van der Waals surface area contributed by atoms with Crippen molar-refractivity contribution in [1.29, 1.82) is 0 Å². The molecule has 226 valence electrons. The SMILES string of the molecule is CC[C@H](C(=O)N[C@@H](C)CC)N(Cc1ccc(Cl)c(Cl)c1)C(=O)CN(c1ccc(Cl)cc1C)S(=O)(=O)c1ccc(C)cc1. The van der Waals surface area contributed by atoms with Gasteiger partial charge in [0.1, 0.15) is 12.6 Å². The highest BCUT2D eigenvalue weighted by Crippen LogP contribution is 2.30. The van der Waals surface area contributed by atoms with Crippen molar-refractivity contribution in [2.24, 2.45) is 0 Å². The molecule has 0 aliphatic heterocycles.